The van der Waals surface area contributed by atoms with Crippen LogP contribution in [0.3, 0.4) is 0 Å². The number of benzene rings is 2. The van der Waals surface area contributed by atoms with E-state index in [-0.39, 0.29) is 18.2 Å². The first-order chi connectivity index (χ1) is 11.7. The molecule has 0 aliphatic carbocycles. The smallest absolute Gasteiger partial charge is 0.123 e. The Kier molecular flexibility index (Phi) is 7.73. The molecule has 0 bridgehead atoms. The Hall–Kier alpha value is -1.58. The van der Waals surface area contributed by atoms with Gasteiger partial charge in [-0.1, -0.05) is 30.3 Å². The Bertz CT molecular complexity index is 650. The van der Waals surface area contributed by atoms with Crippen molar-refractivity contribution in [3.05, 3.63) is 65.5 Å². The molecule has 0 aromatic heterocycles. The molecule has 0 spiro atoms. The Balaban J connectivity index is 0.00000225. The fourth-order valence-electron chi connectivity index (χ4n) is 3.42. The normalized spacial score (nSPS) is 17.8. The lowest BCUT2D eigenvalue weighted by Gasteiger charge is -2.29. The van der Waals surface area contributed by atoms with E-state index in [4.69, 9.17) is 4.74 Å². The van der Waals surface area contributed by atoms with Crippen molar-refractivity contribution in [3.8, 4) is 5.75 Å². The molecule has 1 heterocycles. The summed E-state index contributed by atoms with van der Waals surface area (Å²) in [6, 6.07) is 15.2. The second-order valence-electron chi connectivity index (χ2n) is 6.82. The van der Waals surface area contributed by atoms with Crippen LogP contribution in [0.15, 0.2) is 48.5 Å². The second-order valence-corrected chi connectivity index (χ2v) is 6.82. The van der Waals surface area contributed by atoms with Crippen LogP contribution in [-0.2, 0) is 12.8 Å². The minimum absolute atomic E-state index is 0. The van der Waals surface area contributed by atoms with Crippen LogP contribution in [0.25, 0.3) is 0 Å². The molecule has 1 unspecified atom stereocenters. The predicted octanol–water partition coefficient (Wildman–Crippen LogP) is 4.75. The van der Waals surface area contributed by atoms with Crippen molar-refractivity contribution in [1.82, 2.24) is 4.90 Å². The molecular weight excluding hydrogens is 337 g/mol. The van der Waals surface area contributed by atoms with Gasteiger partial charge in [0.1, 0.15) is 11.6 Å². The highest BCUT2D eigenvalue weighted by Gasteiger charge is 2.18. The van der Waals surface area contributed by atoms with Crippen molar-refractivity contribution in [3.63, 3.8) is 0 Å². The summed E-state index contributed by atoms with van der Waals surface area (Å²) in [4.78, 5) is 2.36. The monoisotopic (exact) mass is 363 g/mol. The molecule has 3 rings (SSSR count). The van der Waals surface area contributed by atoms with Crippen LogP contribution in [0, 0.1) is 11.7 Å². The summed E-state index contributed by atoms with van der Waals surface area (Å²) in [6.07, 6.45) is 4.13. The summed E-state index contributed by atoms with van der Waals surface area (Å²) in [5.74, 6) is 1.21. The lowest BCUT2D eigenvalue weighted by molar-refractivity contribution is 0.149. The average molecular weight is 364 g/mol. The number of aryl methyl sites for hydroxylation is 2. The number of hydrogen-bond donors (Lipinski definition) is 0. The largest absolute Gasteiger partial charge is 0.493 e. The van der Waals surface area contributed by atoms with E-state index >= 15 is 0 Å². The third-order valence-corrected chi connectivity index (χ3v) is 4.74. The van der Waals surface area contributed by atoms with Gasteiger partial charge in [0.25, 0.3) is 0 Å². The summed E-state index contributed by atoms with van der Waals surface area (Å²) in [7, 11) is 2.16. The summed E-state index contributed by atoms with van der Waals surface area (Å²) < 4.78 is 19.7. The molecule has 0 radical (unpaired) electrons. The molecule has 1 saturated heterocycles. The van der Waals surface area contributed by atoms with E-state index in [2.05, 4.69) is 24.1 Å². The number of rotatable bonds is 6. The Labute approximate surface area is 156 Å². The number of likely N-dealkylation sites (tertiary alicyclic amines) is 1. The highest BCUT2D eigenvalue weighted by Crippen LogP contribution is 2.24. The summed E-state index contributed by atoms with van der Waals surface area (Å²) in [5, 5.41) is 0. The maximum absolute atomic E-state index is 13.7. The number of piperidine rings is 1. The first-order valence-electron chi connectivity index (χ1n) is 8.84. The number of nitrogens with zero attached hydrogens (tertiary/aromatic N) is 1. The molecule has 2 aromatic rings. The second kappa shape index (κ2) is 9.79. The van der Waals surface area contributed by atoms with Crippen LogP contribution in [0.1, 0.15) is 24.0 Å². The maximum Gasteiger partial charge on any atom is 0.123 e. The van der Waals surface area contributed by atoms with Crippen LogP contribution in [0.2, 0.25) is 0 Å². The highest BCUT2D eigenvalue weighted by molar-refractivity contribution is 5.85. The zero-order chi connectivity index (χ0) is 16.8. The molecule has 1 atom stereocenters. The van der Waals surface area contributed by atoms with E-state index in [0.29, 0.717) is 12.5 Å². The fourth-order valence-corrected chi connectivity index (χ4v) is 3.42. The maximum atomic E-state index is 13.7. The van der Waals surface area contributed by atoms with E-state index in [0.717, 1.165) is 30.7 Å². The third-order valence-electron chi connectivity index (χ3n) is 4.74. The molecular formula is C21H27ClFNO. The van der Waals surface area contributed by atoms with Crippen molar-refractivity contribution in [2.75, 3.05) is 26.7 Å². The van der Waals surface area contributed by atoms with Gasteiger partial charge in [0.05, 0.1) is 6.61 Å². The fraction of sp³-hybridized carbons (Fsp3) is 0.429. The van der Waals surface area contributed by atoms with Gasteiger partial charge >= 0.3 is 0 Å². The van der Waals surface area contributed by atoms with Gasteiger partial charge in [0.15, 0.2) is 0 Å². The average Bonchev–Trinajstić information content (AvgIpc) is 2.60. The lowest BCUT2D eigenvalue weighted by Crippen LogP contribution is -2.34. The van der Waals surface area contributed by atoms with E-state index in [1.165, 1.54) is 31.0 Å². The van der Waals surface area contributed by atoms with Crippen LogP contribution in [-0.4, -0.2) is 31.6 Å². The molecule has 136 valence electrons. The van der Waals surface area contributed by atoms with E-state index in [9.17, 15) is 4.39 Å². The van der Waals surface area contributed by atoms with Crippen LogP contribution < -0.4 is 4.74 Å². The zero-order valence-corrected chi connectivity index (χ0v) is 15.6. The molecule has 0 amide bonds. The van der Waals surface area contributed by atoms with Gasteiger partial charge in [0.2, 0.25) is 0 Å². The molecule has 1 aliphatic rings. The van der Waals surface area contributed by atoms with Gasteiger partial charge in [0, 0.05) is 12.5 Å². The molecule has 2 nitrogen and oxygen atoms in total. The SMILES string of the molecule is CN1CCCC(COc2ccc(F)cc2CCc2ccccc2)C1.Cl. The zero-order valence-electron chi connectivity index (χ0n) is 14.8. The highest BCUT2D eigenvalue weighted by atomic mass is 35.5. The van der Waals surface area contributed by atoms with Gasteiger partial charge in [-0.15, -0.1) is 12.4 Å². The molecule has 2 aromatic carbocycles. The van der Waals surface area contributed by atoms with Crippen molar-refractivity contribution in [2.24, 2.45) is 5.92 Å². The minimum Gasteiger partial charge on any atom is -0.493 e. The Morgan fingerprint density at radius 3 is 2.68 bits per heavy atom. The summed E-state index contributed by atoms with van der Waals surface area (Å²) in [5.41, 5.74) is 2.23. The van der Waals surface area contributed by atoms with Gasteiger partial charge in [-0.3, -0.25) is 0 Å². The quantitative estimate of drug-likeness (QED) is 0.734. The van der Waals surface area contributed by atoms with Crippen LogP contribution >= 0.6 is 12.4 Å². The molecule has 4 heteroatoms. The van der Waals surface area contributed by atoms with Gasteiger partial charge in [-0.25, -0.2) is 4.39 Å². The predicted molar refractivity (Wildman–Crippen MR) is 103 cm³/mol. The third kappa shape index (κ3) is 6.02. The molecule has 0 N–H and O–H groups in total. The van der Waals surface area contributed by atoms with E-state index in [1.54, 1.807) is 12.1 Å². The Morgan fingerprint density at radius 2 is 1.92 bits per heavy atom. The number of ether oxygens (including phenoxy) is 1. The van der Waals surface area contributed by atoms with Gasteiger partial charge < -0.3 is 9.64 Å². The summed E-state index contributed by atoms with van der Waals surface area (Å²) >= 11 is 0. The van der Waals surface area contributed by atoms with Crippen molar-refractivity contribution < 1.29 is 9.13 Å². The molecule has 0 saturated carbocycles. The topological polar surface area (TPSA) is 12.5 Å². The van der Waals surface area contributed by atoms with E-state index in [1.807, 2.05) is 18.2 Å². The lowest BCUT2D eigenvalue weighted by atomic mass is 9.99. The van der Waals surface area contributed by atoms with Gasteiger partial charge in [-0.2, -0.15) is 0 Å². The molecule has 1 aliphatic heterocycles. The first kappa shape index (κ1) is 19.7. The number of hydrogen-bond acceptors (Lipinski definition) is 2. The number of halogens is 2. The summed E-state index contributed by atoms with van der Waals surface area (Å²) in [6.45, 7) is 2.98. The standard InChI is InChI=1S/C21H26FNO.ClH/c1-23-13-5-8-18(15-23)16-24-21-12-11-20(22)14-19(21)10-9-17-6-3-2-4-7-17;/h2-4,6-7,11-12,14,18H,5,8-10,13,15-16H2,1H3;1H. The van der Waals surface area contributed by atoms with E-state index < -0.39 is 0 Å². The molecule has 1 fully saturated rings. The Morgan fingerprint density at radius 1 is 1.12 bits per heavy atom. The van der Waals surface area contributed by atoms with Crippen molar-refractivity contribution >= 4 is 12.4 Å². The van der Waals surface area contributed by atoms with Crippen LogP contribution in [0.4, 0.5) is 4.39 Å². The van der Waals surface area contributed by atoms with Crippen molar-refractivity contribution in [1.29, 1.82) is 0 Å². The van der Waals surface area contributed by atoms with Crippen molar-refractivity contribution in [2.45, 2.75) is 25.7 Å². The van der Waals surface area contributed by atoms with Gasteiger partial charge in [-0.05, 0) is 68.6 Å². The first-order valence-corrected chi connectivity index (χ1v) is 8.84. The van der Waals surface area contributed by atoms with Crippen LogP contribution in [0.5, 0.6) is 5.75 Å². The minimum atomic E-state index is -0.192. The molecule has 25 heavy (non-hydrogen) atoms.